The predicted molar refractivity (Wildman–Crippen MR) is 75.7 cm³/mol. The molecule has 2 heterocycles. The van der Waals surface area contributed by atoms with Crippen LogP contribution in [0.1, 0.15) is 21.7 Å². The Kier molecular flexibility index (Phi) is 2.84. The first kappa shape index (κ1) is 11.9. The maximum absolute atomic E-state index is 12.3. The number of pyridine rings is 1. The number of H-pyrrole nitrogens is 1. The van der Waals surface area contributed by atoms with Crippen LogP contribution in [0.3, 0.4) is 0 Å². The predicted octanol–water partition coefficient (Wildman–Crippen LogP) is 3.76. The van der Waals surface area contributed by atoms with Crippen molar-refractivity contribution in [2.75, 3.05) is 0 Å². The molecule has 3 rings (SSSR count). The van der Waals surface area contributed by atoms with Gasteiger partial charge in [-0.2, -0.15) is 0 Å². The number of aromatic nitrogens is 2. The maximum Gasteiger partial charge on any atom is 0.227 e. The molecule has 0 saturated heterocycles. The molecule has 0 atom stereocenters. The molecule has 3 aromatic rings. The molecule has 1 N–H and O–H groups in total. The summed E-state index contributed by atoms with van der Waals surface area (Å²) in [6.07, 6.45) is 1.64. The van der Waals surface area contributed by atoms with Gasteiger partial charge in [0.25, 0.3) is 0 Å². The van der Waals surface area contributed by atoms with E-state index in [1.807, 2.05) is 25.1 Å². The van der Waals surface area contributed by atoms with Gasteiger partial charge in [-0.15, -0.1) is 0 Å². The van der Waals surface area contributed by atoms with Gasteiger partial charge < -0.3 is 4.98 Å². The van der Waals surface area contributed by atoms with E-state index in [1.165, 1.54) is 0 Å². The summed E-state index contributed by atoms with van der Waals surface area (Å²) in [6.45, 7) is 1.93. The zero-order valence-electron chi connectivity index (χ0n) is 10.3. The van der Waals surface area contributed by atoms with Crippen molar-refractivity contribution >= 4 is 28.3 Å². The third-order valence-electron chi connectivity index (χ3n) is 2.98. The maximum atomic E-state index is 12.3. The van der Waals surface area contributed by atoms with Crippen molar-refractivity contribution in [2.24, 2.45) is 0 Å². The van der Waals surface area contributed by atoms with Gasteiger partial charge >= 0.3 is 0 Å². The molecule has 1 aromatic carbocycles. The number of ketones is 1. The van der Waals surface area contributed by atoms with Gasteiger partial charge in [0.05, 0.1) is 5.69 Å². The highest BCUT2D eigenvalue weighted by Gasteiger charge is 2.13. The smallest absolute Gasteiger partial charge is 0.227 e. The number of carbonyl (C=O) groups is 1. The molecule has 19 heavy (non-hydrogen) atoms. The number of nitrogens with zero attached hydrogens (tertiary/aromatic N) is 1. The minimum absolute atomic E-state index is 0.115. The molecular formula is C15H11ClN2O. The minimum atomic E-state index is -0.115. The lowest BCUT2D eigenvalue weighted by molar-refractivity contribution is 0.103. The number of aryl methyl sites for hydroxylation is 1. The first-order valence-electron chi connectivity index (χ1n) is 5.89. The average molecular weight is 271 g/mol. The van der Waals surface area contributed by atoms with Gasteiger partial charge in [0, 0.05) is 22.1 Å². The lowest BCUT2D eigenvalue weighted by Gasteiger charge is -1.98. The van der Waals surface area contributed by atoms with Crippen LogP contribution in [-0.4, -0.2) is 15.8 Å². The lowest BCUT2D eigenvalue weighted by atomic mass is 10.1. The van der Waals surface area contributed by atoms with Gasteiger partial charge in [0.15, 0.2) is 0 Å². The van der Waals surface area contributed by atoms with Crippen LogP contribution < -0.4 is 0 Å². The summed E-state index contributed by atoms with van der Waals surface area (Å²) in [5.74, 6) is -0.115. The average Bonchev–Trinajstić information content (AvgIpc) is 2.80. The molecule has 0 amide bonds. The van der Waals surface area contributed by atoms with Crippen LogP contribution in [0.2, 0.25) is 5.02 Å². The molecule has 4 heteroatoms. The Bertz CT molecular complexity index is 777. The Hall–Kier alpha value is -2.13. The van der Waals surface area contributed by atoms with E-state index in [0.29, 0.717) is 16.4 Å². The second kappa shape index (κ2) is 4.52. The summed E-state index contributed by atoms with van der Waals surface area (Å²) in [5, 5.41) is 1.60. The fourth-order valence-electron chi connectivity index (χ4n) is 2.02. The van der Waals surface area contributed by atoms with Crippen molar-refractivity contribution in [1.29, 1.82) is 0 Å². The standard InChI is InChI=1S/C15H11ClN2O/c1-9-4-5-17-13(6-9)15(19)14-7-10-2-3-11(16)8-12(10)18-14/h2-8,18H,1H3. The Morgan fingerprint density at radius 1 is 1.21 bits per heavy atom. The molecule has 0 aliphatic rings. The fraction of sp³-hybridized carbons (Fsp3) is 0.0667. The Labute approximate surface area is 115 Å². The third-order valence-corrected chi connectivity index (χ3v) is 3.21. The summed E-state index contributed by atoms with van der Waals surface area (Å²) in [6, 6.07) is 10.9. The van der Waals surface area contributed by atoms with E-state index in [4.69, 9.17) is 11.6 Å². The summed E-state index contributed by atoms with van der Waals surface area (Å²) >= 11 is 5.93. The van der Waals surface area contributed by atoms with E-state index >= 15 is 0 Å². The van der Waals surface area contributed by atoms with E-state index in [9.17, 15) is 4.79 Å². The van der Waals surface area contributed by atoms with Crippen LogP contribution in [0.25, 0.3) is 10.9 Å². The van der Waals surface area contributed by atoms with E-state index in [2.05, 4.69) is 9.97 Å². The third kappa shape index (κ3) is 2.25. The van der Waals surface area contributed by atoms with Crippen molar-refractivity contribution in [2.45, 2.75) is 6.92 Å². The number of carbonyl (C=O) groups excluding carboxylic acids is 1. The second-order valence-corrected chi connectivity index (χ2v) is 4.90. The first-order valence-corrected chi connectivity index (χ1v) is 6.27. The summed E-state index contributed by atoms with van der Waals surface area (Å²) < 4.78 is 0. The van der Waals surface area contributed by atoms with Gasteiger partial charge in [-0.1, -0.05) is 17.7 Å². The Morgan fingerprint density at radius 2 is 2.05 bits per heavy atom. The van der Waals surface area contributed by atoms with Crippen LogP contribution in [0, 0.1) is 6.92 Å². The van der Waals surface area contributed by atoms with Gasteiger partial charge in [-0.05, 0) is 42.8 Å². The zero-order valence-corrected chi connectivity index (χ0v) is 11.0. The summed E-state index contributed by atoms with van der Waals surface area (Å²) in [7, 11) is 0. The number of hydrogen-bond donors (Lipinski definition) is 1. The SMILES string of the molecule is Cc1ccnc(C(=O)c2cc3ccc(Cl)cc3[nH]2)c1. The van der Waals surface area contributed by atoms with Gasteiger partial charge in [0.1, 0.15) is 5.69 Å². The largest absolute Gasteiger partial charge is 0.352 e. The number of halogens is 1. The topological polar surface area (TPSA) is 45.8 Å². The highest BCUT2D eigenvalue weighted by atomic mass is 35.5. The van der Waals surface area contributed by atoms with Crippen molar-refractivity contribution < 1.29 is 4.79 Å². The second-order valence-electron chi connectivity index (χ2n) is 4.46. The van der Waals surface area contributed by atoms with Crippen LogP contribution in [0.4, 0.5) is 0 Å². The van der Waals surface area contributed by atoms with Crippen molar-refractivity contribution in [3.05, 3.63) is 64.6 Å². The molecule has 2 aromatic heterocycles. The highest BCUT2D eigenvalue weighted by molar-refractivity contribution is 6.31. The summed E-state index contributed by atoms with van der Waals surface area (Å²) in [4.78, 5) is 19.5. The van der Waals surface area contributed by atoms with Crippen LogP contribution in [-0.2, 0) is 0 Å². The molecule has 0 fully saturated rings. The van der Waals surface area contributed by atoms with Crippen LogP contribution in [0.15, 0.2) is 42.6 Å². The van der Waals surface area contributed by atoms with E-state index < -0.39 is 0 Å². The van der Waals surface area contributed by atoms with Gasteiger partial charge in [0.2, 0.25) is 5.78 Å². The molecule has 0 spiro atoms. The quantitative estimate of drug-likeness (QED) is 0.721. The number of aromatic amines is 1. The van der Waals surface area contributed by atoms with Gasteiger partial charge in [-0.3, -0.25) is 9.78 Å². The number of benzene rings is 1. The molecule has 0 saturated carbocycles. The van der Waals surface area contributed by atoms with Crippen molar-refractivity contribution in [1.82, 2.24) is 9.97 Å². The Morgan fingerprint density at radius 3 is 2.84 bits per heavy atom. The van der Waals surface area contributed by atoms with E-state index in [1.54, 1.807) is 24.4 Å². The van der Waals surface area contributed by atoms with Crippen molar-refractivity contribution in [3.63, 3.8) is 0 Å². The minimum Gasteiger partial charge on any atom is -0.352 e. The van der Waals surface area contributed by atoms with E-state index in [-0.39, 0.29) is 5.78 Å². The normalized spacial score (nSPS) is 10.8. The molecule has 3 nitrogen and oxygen atoms in total. The number of fused-ring (bicyclic) bond motifs is 1. The zero-order chi connectivity index (χ0) is 13.4. The molecule has 0 bridgehead atoms. The first-order chi connectivity index (χ1) is 9.13. The van der Waals surface area contributed by atoms with Gasteiger partial charge in [-0.25, -0.2) is 0 Å². The van der Waals surface area contributed by atoms with E-state index in [0.717, 1.165) is 16.5 Å². The number of rotatable bonds is 2. The van der Waals surface area contributed by atoms with Crippen LogP contribution in [0.5, 0.6) is 0 Å². The monoisotopic (exact) mass is 270 g/mol. The number of nitrogens with one attached hydrogen (secondary N) is 1. The molecular weight excluding hydrogens is 260 g/mol. The fourth-order valence-corrected chi connectivity index (χ4v) is 2.19. The Balaban J connectivity index is 2.06. The molecule has 0 aliphatic heterocycles. The molecule has 0 unspecified atom stereocenters. The number of hydrogen-bond acceptors (Lipinski definition) is 2. The summed E-state index contributed by atoms with van der Waals surface area (Å²) in [5.41, 5.74) is 2.83. The highest BCUT2D eigenvalue weighted by Crippen LogP contribution is 2.21. The molecule has 0 aliphatic carbocycles. The molecule has 94 valence electrons. The van der Waals surface area contributed by atoms with Crippen molar-refractivity contribution in [3.8, 4) is 0 Å². The molecule has 0 radical (unpaired) electrons. The lowest BCUT2D eigenvalue weighted by Crippen LogP contribution is -2.04. The van der Waals surface area contributed by atoms with Crippen LogP contribution >= 0.6 is 11.6 Å².